The first-order valence-electron chi connectivity index (χ1n) is 38.5. The third kappa shape index (κ3) is 68.4. The number of aliphatic hydroxyl groups excluding tert-OH is 1. The van der Waals surface area contributed by atoms with Crippen molar-refractivity contribution in [2.45, 2.75) is 400 Å². The van der Waals surface area contributed by atoms with Gasteiger partial charge in [-0.25, -0.2) is 9.13 Å². The van der Waals surface area contributed by atoms with Gasteiger partial charge in [0, 0.05) is 25.7 Å². The molecule has 0 heterocycles. The van der Waals surface area contributed by atoms with Gasteiger partial charge in [-0.1, -0.05) is 330 Å². The van der Waals surface area contributed by atoms with Gasteiger partial charge in [0.1, 0.15) is 19.3 Å². The average molecular weight is 1370 g/mol. The molecule has 0 amide bonds. The van der Waals surface area contributed by atoms with Crippen LogP contribution in [-0.4, -0.2) is 96.7 Å². The number of hydrogen-bond donors (Lipinski definition) is 3. The van der Waals surface area contributed by atoms with Gasteiger partial charge in [0.15, 0.2) is 12.2 Å². The lowest BCUT2D eigenvalue weighted by Crippen LogP contribution is -2.30. The molecule has 0 saturated carbocycles. The number of hydrogen-bond acceptors (Lipinski definition) is 15. The highest BCUT2D eigenvalue weighted by Crippen LogP contribution is 2.45. The molecule has 3 N–H and O–H groups in total. The van der Waals surface area contributed by atoms with Crippen molar-refractivity contribution in [3.63, 3.8) is 0 Å². The van der Waals surface area contributed by atoms with Crippen molar-refractivity contribution < 1.29 is 80.2 Å². The zero-order chi connectivity index (χ0) is 68.6. The van der Waals surface area contributed by atoms with Crippen LogP contribution in [0.25, 0.3) is 0 Å². The van der Waals surface area contributed by atoms with Crippen LogP contribution < -0.4 is 0 Å². The number of phosphoric acid groups is 2. The maximum absolute atomic E-state index is 13.1. The van der Waals surface area contributed by atoms with Gasteiger partial charge >= 0.3 is 39.5 Å². The van der Waals surface area contributed by atoms with E-state index in [1.54, 1.807) is 0 Å². The highest BCUT2D eigenvalue weighted by atomic mass is 31.2. The van der Waals surface area contributed by atoms with Gasteiger partial charge in [-0.15, -0.1) is 0 Å². The van der Waals surface area contributed by atoms with Crippen LogP contribution in [0.15, 0.2) is 0 Å². The Hall–Kier alpha value is -1.94. The summed E-state index contributed by atoms with van der Waals surface area (Å²) in [6.07, 6.45) is 52.7. The molecule has 0 aromatic carbocycles. The standard InChI is InChI=1S/C74H144O17P2/c1-7-9-11-13-15-17-18-19-20-21-24-27-33-39-45-51-57-72(77)85-63-70(90-73(78)58-52-46-40-34-28-25-22-23-26-31-36-42-48-54-66(3)4)65-89-93(82,83)87-61-68(75)60-86-92(80,81)88-64-69(62-84-71(76)56-50-44-38-30-16-14-12-10-8-2)91-74(79)59-53-47-41-35-29-32-37-43-49-55-67(5)6/h66-70,75H,7-65H2,1-6H3,(H,80,81)(H,82,83)/t68-,69+,70+/m0/s1. The van der Waals surface area contributed by atoms with E-state index in [4.69, 9.17) is 37.0 Å². The molecule has 5 atom stereocenters. The lowest BCUT2D eigenvalue weighted by Gasteiger charge is -2.21. The van der Waals surface area contributed by atoms with Gasteiger partial charge in [-0.2, -0.15) is 0 Å². The van der Waals surface area contributed by atoms with E-state index in [1.165, 1.54) is 199 Å². The fourth-order valence-corrected chi connectivity index (χ4v) is 12.9. The van der Waals surface area contributed by atoms with E-state index in [9.17, 15) is 43.2 Å². The second-order valence-corrected chi connectivity index (χ2v) is 30.5. The number of unbranched alkanes of at least 4 members (excludes halogenated alkanes) is 43. The van der Waals surface area contributed by atoms with Crippen molar-refractivity contribution in [2.75, 3.05) is 39.6 Å². The molecule has 552 valence electrons. The summed E-state index contributed by atoms with van der Waals surface area (Å²) in [5.41, 5.74) is 0. The normalized spacial score (nSPS) is 14.1. The van der Waals surface area contributed by atoms with Crippen LogP contribution in [0.3, 0.4) is 0 Å². The number of rotatable bonds is 73. The number of carbonyl (C=O) groups is 4. The van der Waals surface area contributed by atoms with E-state index < -0.39 is 97.5 Å². The fraction of sp³-hybridized carbons (Fsp3) is 0.946. The van der Waals surface area contributed by atoms with Gasteiger partial charge in [0.2, 0.25) is 0 Å². The molecule has 0 radical (unpaired) electrons. The van der Waals surface area contributed by atoms with Crippen LogP contribution in [0, 0.1) is 11.8 Å². The predicted octanol–water partition coefficient (Wildman–Crippen LogP) is 21.6. The molecule has 0 fully saturated rings. The topological polar surface area (TPSA) is 237 Å². The van der Waals surface area contributed by atoms with Crippen molar-refractivity contribution in [3.8, 4) is 0 Å². The minimum atomic E-state index is -4.96. The number of carbonyl (C=O) groups excluding carboxylic acids is 4. The van der Waals surface area contributed by atoms with Gasteiger partial charge in [0.05, 0.1) is 26.4 Å². The van der Waals surface area contributed by atoms with Crippen molar-refractivity contribution in [1.29, 1.82) is 0 Å². The molecule has 0 bridgehead atoms. The second-order valence-electron chi connectivity index (χ2n) is 27.6. The van der Waals surface area contributed by atoms with E-state index in [1.807, 2.05) is 0 Å². The lowest BCUT2D eigenvalue weighted by molar-refractivity contribution is -0.161. The zero-order valence-electron chi connectivity index (χ0n) is 60.6. The summed E-state index contributed by atoms with van der Waals surface area (Å²) in [5, 5.41) is 10.6. The maximum Gasteiger partial charge on any atom is 0.472 e. The van der Waals surface area contributed by atoms with Gasteiger partial charge < -0.3 is 33.8 Å². The number of esters is 4. The molecule has 0 aliphatic heterocycles. The minimum Gasteiger partial charge on any atom is -0.462 e. The fourth-order valence-electron chi connectivity index (χ4n) is 11.3. The Morgan fingerprint density at radius 3 is 0.731 bits per heavy atom. The van der Waals surface area contributed by atoms with Crippen LogP contribution in [0.5, 0.6) is 0 Å². The molecule has 2 unspecified atom stereocenters. The highest BCUT2D eigenvalue weighted by Gasteiger charge is 2.30. The Morgan fingerprint density at radius 2 is 0.495 bits per heavy atom. The molecular weight excluding hydrogens is 1220 g/mol. The lowest BCUT2D eigenvalue weighted by atomic mass is 10.0. The molecule has 0 rings (SSSR count). The molecule has 0 aromatic heterocycles. The summed E-state index contributed by atoms with van der Waals surface area (Å²) in [7, 11) is -9.91. The number of phosphoric ester groups is 2. The number of aliphatic hydroxyl groups is 1. The van der Waals surface area contributed by atoms with E-state index in [-0.39, 0.29) is 25.7 Å². The SMILES string of the molecule is CCCCCCCCCCCCCCCCCCC(=O)OC[C@H](COP(=O)(O)OC[C@@H](O)COP(=O)(O)OC[C@@H](COC(=O)CCCCCCCCCCC)OC(=O)CCCCCCCCCCCC(C)C)OC(=O)CCCCCCCCCCCCCCCC(C)C. The first-order chi connectivity index (χ1) is 44.9. The van der Waals surface area contributed by atoms with Crippen LogP contribution in [0.2, 0.25) is 0 Å². The monoisotopic (exact) mass is 1370 g/mol. The summed E-state index contributed by atoms with van der Waals surface area (Å²) in [6.45, 7) is 9.56. The Bertz CT molecular complexity index is 1800. The van der Waals surface area contributed by atoms with Gasteiger partial charge in [-0.05, 0) is 37.5 Å². The number of ether oxygens (including phenoxy) is 4. The molecule has 0 aliphatic rings. The van der Waals surface area contributed by atoms with Crippen molar-refractivity contribution >= 4 is 39.5 Å². The minimum absolute atomic E-state index is 0.105. The first kappa shape index (κ1) is 91.1. The third-order valence-corrected chi connectivity index (χ3v) is 19.1. The zero-order valence-corrected chi connectivity index (χ0v) is 62.3. The highest BCUT2D eigenvalue weighted by molar-refractivity contribution is 7.47. The summed E-state index contributed by atoms with van der Waals surface area (Å²) >= 11 is 0. The van der Waals surface area contributed by atoms with Crippen LogP contribution >= 0.6 is 15.6 Å². The van der Waals surface area contributed by atoms with Crippen LogP contribution in [0.4, 0.5) is 0 Å². The Morgan fingerprint density at radius 1 is 0.290 bits per heavy atom. The van der Waals surface area contributed by atoms with Gasteiger partial charge in [-0.3, -0.25) is 37.3 Å². The molecule has 0 saturated heterocycles. The maximum atomic E-state index is 13.1. The van der Waals surface area contributed by atoms with E-state index in [0.29, 0.717) is 25.7 Å². The second kappa shape index (κ2) is 66.0. The smallest absolute Gasteiger partial charge is 0.462 e. The Labute approximate surface area is 568 Å². The van der Waals surface area contributed by atoms with E-state index >= 15 is 0 Å². The Balaban J connectivity index is 5.23. The summed E-state index contributed by atoms with van der Waals surface area (Å²) in [4.78, 5) is 72.7. The van der Waals surface area contributed by atoms with Crippen molar-refractivity contribution in [1.82, 2.24) is 0 Å². The third-order valence-electron chi connectivity index (χ3n) is 17.2. The molecular formula is C74H144O17P2. The molecule has 17 nitrogen and oxygen atoms in total. The van der Waals surface area contributed by atoms with Crippen LogP contribution in [0.1, 0.15) is 382 Å². The Kier molecular flexibility index (Phi) is 64.6. The molecule has 0 aliphatic carbocycles. The van der Waals surface area contributed by atoms with Crippen LogP contribution in [-0.2, 0) is 65.4 Å². The average Bonchev–Trinajstić information content (AvgIpc) is 1.98. The van der Waals surface area contributed by atoms with E-state index in [0.717, 1.165) is 102 Å². The van der Waals surface area contributed by atoms with E-state index in [2.05, 4.69) is 41.5 Å². The molecule has 0 aromatic rings. The molecule has 0 spiro atoms. The molecule has 93 heavy (non-hydrogen) atoms. The summed E-state index contributed by atoms with van der Waals surface area (Å²) in [5.74, 6) is -0.596. The first-order valence-corrected chi connectivity index (χ1v) is 41.5. The van der Waals surface area contributed by atoms with Gasteiger partial charge in [0.25, 0.3) is 0 Å². The summed E-state index contributed by atoms with van der Waals surface area (Å²) < 4.78 is 68.4. The quantitative estimate of drug-likeness (QED) is 0.0222. The van der Waals surface area contributed by atoms with Crippen molar-refractivity contribution in [3.05, 3.63) is 0 Å². The van der Waals surface area contributed by atoms with Crippen molar-refractivity contribution in [2.24, 2.45) is 11.8 Å². The predicted molar refractivity (Wildman–Crippen MR) is 377 cm³/mol. The largest absolute Gasteiger partial charge is 0.472 e. The summed E-state index contributed by atoms with van der Waals surface area (Å²) in [6, 6.07) is 0. The molecule has 19 heteroatoms.